The second kappa shape index (κ2) is 6.80. The molecule has 17 heavy (non-hydrogen) atoms. The molecular formula is C14H27N3. The standard InChI is InChI=1S/C14H27N3/c1-6-8-9-13(15-7-2)10-14-11(3)16-17(5)12(14)4/h13,15H,6-10H2,1-5H3. The van der Waals surface area contributed by atoms with Crippen molar-refractivity contribution < 1.29 is 0 Å². The van der Waals surface area contributed by atoms with E-state index in [1.54, 1.807) is 0 Å². The summed E-state index contributed by atoms with van der Waals surface area (Å²) in [6.07, 6.45) is 4.94. The van der Waals surface area contributed by atoms with Crippen molar-refractivity contribution in [1.82, 2.24) is 15.1 Å². The quantitative estimate of drug-likeness (QED) is 0.790. The number of nitrogens with one attached hydrogen (secondary N) is 1. The Bertz CT molecular complexity index is 341. The summed E-state index contributed by atoms with van der Waals surface area (Å²) in [6.45, 7) is 9.77. The van der Waals surface area contributed by atoms with Gasteiger partial charge in [0.2, 0.25) is 0 Å². The van der Waals surface area contributed by atoms with Crippen LogP contribution in [0.3, 0.4) is 0 Å². The minimum atomic E-state index is 0.599. The number of hydrogen-bond acceptors (Lipinski definition) is 2. The van der Waals surface area contributed by atoms with Crippen LogP contribution in [-0.4, -0.2) is 22.4 Å². The summed E-state index contributed by atoms with van der Waals surface area (Å²) in [5.74, 6) is 0. The van der Waals surface area contributed by atoms with Crippen molar-refractivity contribution in [3.05, 3.63) is 17.0 Å². The predicted octanol–water partition coefficient (Wildman–Crippen LogP) is 2.75. The van der Waals surface area contributed by atoms with Gasteiger partial charge in [-0.05, 0) is 38.8 Å². The Morgan fingerprint density at radius 3 is 2.47 bits per heavy atom. The molecule has 0 radical (unpaired) electrons. The molecule has 1 aromatic heterocycles. The monoisotopic (exact) mass is 237 g/mol. The molecule has 0 aliphatic carbocycles. The maximum absolute atomic E-state index is 4.49. The zero-order valence-electron chi connectivity index (χ0n) is 12.0. The van der Waals surface area contributed by atoms with Crippen LogP contribution in [0, 0.1) is 13.8 Å². The fraction of sp³-hybridized carbons (Fsp3) is 0.786. The molecule has 0 saturated carbocycles. The summed E-state index contributed by atoms with van der Waals surface area (Å²) < 4.78 is 1.99. The van der Waals surface area contributed by atoms with Crippen LogP contribution in [0.5, 0.6) is 0 Å². The second-order valence-electron chi connectivity index (χ2n) is 4.87. The smallest absolute Gasteiger partial charge is 0.0628 e. The van der Waals surface area contributed by atoms with Crippen LogP contribution in [0.15, 0.2) is 0 Å². The van der Waals surface area contributed by atoms with Crippen LogP contribution in [0.2, 0.25) is 0 Å². The van der Waals surface area contributed by atoms with Crippen molar-refractivity contribution in [3.63, 3.8) is 0 Å². The first-order valence-electron chi connectivity index (χ1n) is 6.82. The van der Waals surface area contributed by atoms with Crippen molar-refractivity contribution in [2.75, 3.05) is 6.54 Å². The van der Waals surface area contributed by atoms with Crippen LogP contribution in [0.4, 0.5) is 0 Å². The molecule has 0 amide bonds. The third kappa shape index (κ3) is 3.84. The fourth-order valence-corrected chi connectivity index (χ4v) is 2.37. The number of aryl methyl sites for hydroxylation is 2. The highest BCUT2D eigenvalue weighted by molar-refractivity contribution is 5.25. The summed E-state index contributed by atoms with van der Waals surface area (Å²) in [6, 6.07) is 0.599. The van der Waals surface area contributed by atoms with Gasteiger partial charge in [0.05, 0.1) is 5.69 Å². The molecule has 3 nitrogen and oxygen atoms in total. The predicted molar refractivity (Wildman–Crippen MR) is 73.4 cm³/mol. The Balaban J connectivity index is 2.70. The highest BCUT2D eigenvalue weighted by atomic mass is 15.3. The Hall–Kier alpha value is -0.830. The topological polar surface area (TPSA) is 29.9 Å². The largest absolute Gasteiger partial charge is 0.314 e. The Labute approximate surface area is 106 Å². The molecule has 0 aromatic carbocycles. The zero-order valence-corrected chi connectivity index (χ0v) is 12.0. The Kier molecular flexibility index (Phi) is 5.69. The van der Waals surface area contributed by atoms with Crippen LogP contribution in [0.25, 0.3) is 0 Å². The summed E-state index contributed by atoms with van der Waals surface area (Å²) in [4.78, 5) is 0. The van der Waals surface area contributed by atoms with E-state index in [9.17, 15) is 0 Å². The van der Waals surface area contributed by atoms with Gasteiger partial charge in [0, 0.05) is 18.8 Å². The highest BCUT2D eigenvalue weighted by Gasteiger charge is 2.14. The molecule has 0 fully saturated rings. The van der Waals surface area contributed by atoms with E-state index in [0.717, 1.165) is 13.0 Å². The molecule has 0 spiro atoms. The van der Waals surface area contributed by atoms with E-state index in [1.165, 1.54) is 36.2 Å². The maximum atomic E-state index is 4.49. The van der Waals surface area contributed by atoms with E-state index < -0.39 is 0 Å². The maximum Gasteiger partial charge on any atom is 0.0628 e. The van der Waals surface area contributed by atoms with Gasteiger partial charge in [-0.3, -0.25) is 4.68 Å². The van der Waals surface area contributed by atoms with Crippen molar-refractivity contribution in [3.8, 4) is 0 Å². The number of hydrogen-bond donors (Lipinski definition) is 1. The van der Waals surface area contributed by atoms with E-state index in [-0.39, 0.29) is 0 Å². The fourth-order valence-electron chi connectivity index (χ4n) is 2.37. The second-order valence-corrected chi connectivity index (χ2v) is 4.87. The van der Waals surface area contributed by atoms with Gasteiger partial charge in [0.1, 0.15) is 0 Å². The molecule has 1 heterocycles. The first kappa shape index (κ1) is 14.2. The van der Waals surface area contributed by atoms with Gasteiger partial charge in [0.15, 0.2) is 0 Å². The lowest BCUT2D eigenvalue weighted by molar-refractivity contribution is 0.472. The number of unbranched alkanes of at least 4 members (excludes halogenated alkanes) is 1. The van der Waals surface area contributed by atoms with Gasteiger partial charge in [-0.15, -0.1) is 0 Å². The number of likely N-dealkylation sites (N-methyl/N-ethyl adjacent to an activating group) is 1. The van der Waals surface area contributed by atoms with Gasteiger partial charge in [-0.1, -0.05) is 26.7 Å². The molecule has 3 heteroatoms. The molecule has 1 N–H and O–H groups in total. The minimum Gasteiger partial charge on any atom is -0.314 e. The van der Waals surface area contributed by atoms with Gasteiger partial charge < -0.3 is 5.32 Å². The van der Waals surface area contributed by atoms with Crippen molar-refractivity contribution >= 4 is 0 Å². The summed E-state index contributed by atoms with van der Waals surface area (Å²) in [5.41, 5.74) is 3.92. The Morgan fingerprint density at radius 1 is 1.29 bits per heavy atom. The third-order valence-corrected chi connectivity index (χ3v) is 3.51. The summed E-state index contributed by atoms with van der Waals surface area (Å²) in [7, 11) is 2.03. The normalized spacial score (nSPS) is 13.0. The molecule has 98 valence electrons. The summed E-state index contributed by atoms with van der Waals surface area (Å²) >= 11 is 0. The Morgan fingerprint density at radius 2 is 2.00 bits per heavy atom. The van der Waals surface area contributed by atoms with Crippen molar-refractivity contribution in [2.45, 2.75) is 59.4 Å². The van der Waals surface area contributed by atoms with E-state index >= 15 is 0 Å². The van der Waals surface area contributed by atoms with E-state index in [2.05, 4.69) is 38.1 Å². The highest BCUT2D eigenvalue weighted by Crippen LogP contribution is 2.16. The van der Waals surface area contributed by atoms with Crippen LogP contribution < -0.4 is 5.32 Å². The summed E-state index contributed by atoms with van der Waals surface area (Å²) in [5, 5.41) is 8.09. The first-order chi connectivity index (χ1) is 8.10. The SMILES string of the molecule is CCCCC(Cc1c(C)nn(C)c1C)NCC. The van der Waals surface area contributed by atoms with Gasteiger partial charge in [-0.25, -0.2) is 0 Å². The number of rotatable bonds is 7. The van der Waals surface area contributed by atoms with E-state index in [4.69, 9.17) is 0 Å². The van der Waals surface area contributed by atoms with Gasteiger partial charge in [0.25, 0.3) is 0 Å². The lowest BCUT2D eigenvalue weighted by atomic mass is 9.99. The lowest BCUT2D eigenvalue weighted by Gasteiger charge is -2.17. The van der Waals surface area contributed by atoms with Crippen molar-refractivity contribution in [1.29, 1.82) is 0 Å². The van der Waals surface area contributed by atoms with Crippen LogP contribution in [0.1, 0.15) is 50.1 Å². The van der Waals surface area contributed by atoms with E-state index in [1.807, 2.05) is 11.7 Å². The molecular weight excluding hydrogens is 210 g/mol. The van der Waals surface area contributed by atoms with E-state index in [0.29, 0.717) is 6.04 Å². The molecule has 1 atom stereocenters. The molecule has 0 saturated heterocycles. The molecule has 0 aliphatic rings. The average molecular weight is 237 g/mol. The zero-order chi connectivity index (χ0) is 12.8. The van der Waals surface area contributed by atoms with Crippen LogP contribution >= 0.6 is 0 Å². The average Bonchev–Trinajstić information content (AvgIpc) is 2.53. The molecule has 1 aromatic rings. The molecule has 0 aliphatic heterocycles. The van der Waals surface area contributed by atoms with Gasteiger partial charge >= 0.3 is 0 Å². The van der Waals surface area contributed by atoms with Crippen LogP contribution in [-0.2, 0) is 13.5 Å². The first-order valence-corrected chi connectivity index (χ1v) is 6.82. The van der Waals surface area contributed by atoms with Gasteiger partial charge in [-0.2, -0.15) is 5.10 Å². The molecule has 1 unspecified atom stereocenters. The molecule has 1 rings (SSSR count). The minimum absolute atomic E-state index is 0.599. The third-order valence-electron chi connectivity index (χ3n) is 3.51. The van der Waals surface area contributed by atoms with Crippen molar-refractivity contribution in [2.24, 2.45) is 7.05 Å². The molecule has 0 bridgehead atoms. The lowest BCUT2D eigenvalue weighted by Crippen LogP contribution is -2.31. The number of nitrogens with zero attached hydrogens (tertiary/aromatic N) is 2. The number of aromatic nitrogens is 2.